The van der Waals surface area contributed by atoms with Crippen molar-refractivity contribution in [3.63, 3.8) is 0 Å². The van der Waals surface area contributed by atoms with Crippen molar-refractivity contribution in [1.82, 2.24) is 14.9 Å². The first-order valence-electron chi connectivity index (χ1n) is 9.68. The summed E-state index contributed by atoms with van der Waals surface area (Å²) in [6, 6.07) is 28.3. The lowest BCUT2D eigenvalue weighted by molar-refractivity contribution is 0.306. The van der Waals surface area contributed by atoms with Crippen LogP contribution in [0.25, 0.3) is 0 Å². The standard InChI is InChI=1S/C24H22N4OS/c1-19-26-27-24(30-18-21-11-6-3-7-12-21)28(19)25-16-22-13-8-14-23(15-22)29-17-20-9-4-2-5-10-20/h2-16H,17-18H2,1H3/b25-16-. The predicted octanol–water partition coefficient (Wildman–Crippen LogP) is 5.34. The summed E-state index contributed by atoms with van der Waals surface area (Å²) in [4.78, 5) is 0. The molecule has 4 rings (SSSR count). The monoisotopic (exact) mass is 414 g/mol. The molecule has 1 heterocycles. The number of ether oxygens (including phenoxy) is 1. The molecule has 150 valence electrons. The Kier molecular flexibility index (Phi) is 6.57. The van der Waals surface area contributed by atoms with Gasteiger partial charge in [0.05, 0.1) is 6.21 Å². The highest BCUT2D eigenvalue weighted by molar-refractivity contribution is 7.98. The van der Waals surface area contributed by atoms with E-state index in [9.17, 15) is 0 Å². The number of thioether (sulfide) groups is 1. The average molecular weight is 415 g/mol. The van der Waals surface area contributed by atoms with Crippen LogP contribution in [0.5, 0.6) is 5.75 Å². The summed E-state index contributed by atoms with van der Waals surface area (Å²) in [5.74, 6) is 2.37. The fourth-order valence-corrected chi connectivity index (χ4v) is 3.72. The molecule has 5 nitrogen and oxygen atoms in total. The summed E-state index contributed by atoms with van der Waals surface area (Å²) in [7, 11) is 0. The van der Waals surface area contributed by atoms with Crippen molar-refractivity contribution in [2.45, 2.75) is 24.4 Å². The SMILES string of the molecule is Cc1nnc(SCc2ccccc2)n1/N=C\c1cccc(OCc2ccccc2)c1. The minimum absolute atomic E-state index is 0.534. The Morgan fingerprint density at radius 2 is 1.63 bits per heavy atom. The molecule has 6 heteroatoms. The molecule has 0 spiro atoms. The third kappa shape index (κ3) is 5.36. The van der Waals surface area contributed by atoms with Crippen LogP contribution in [0.4, 0.5) is 0 Å². The maximum absolute atomic E-state index is 5.91. The van der Waals surface area contributed by atoms with Crippen molar-refractivity contribution in [3.8, 4) is 5.75 Å². The van der Waals surface area contributed by atoms with Gasteiger partial charge in [-0.2, -0.15) is 9.78 Å². The molecule has 0 N–H and O–H groups in total. The van der Waals surface area contributed by atoms with Crippen LogP contribution in [-0.4, -0.2) is 21.1 Å². The summed E-state index contributed by atoms with van der Waals surface area (Å²) in [5.41, 5.74) is 3.33. The molecule has 0 saturated carbocycles. The van der Waals surface area contributed by atoms with Gasteiger partial charge in [-0.3, -0.25) is 0 Å². The second kappa shape index (κ2) is 9.89. The van der Waals surface area contributed by atoms with E-state index in [1.54, 1.807) is 22.7 Å². The Morgan fingerprint density at radius 3 is 2.40 bits per heavy atom. The molecule has 0 aliphatic heterocycles. The Balaban J connectivity index is 1.43. The minimum atomic E-state index is 0.534. The smallest absolute Gasteiger partial charge is 0.212 e. The highest BCUT2D eigenvalue weighted by Crippen LogP contribution is 2.22. The van der Waals surface area contributed by atoms with Gasteiger partial charge in [0.25, 0.3) is 0 Å². The Bertz CT molecular complexity index is 1110. The summed E-state index contributed by atoms with van der Waals surface area (Å²) >= 11 is 1.62. The predicted molar refractivity (Wildman–Crippen MR) is 121 cm³/mol. The van der Waals surface area contributed by atoms with Crippen molar-refractivity contribution in [2.24, 2.45) is 5.10 Å². The van der Waals surface area contributed by atoms with Crippen LogP contribution < -0.4 is 4.74 Å². The van der Waals surface area contributed by atoms with E-state index in [0.717, 1.165) is 33.6 Å². The lowest BCUT2D eigenvalue weighted by Gasteiger charge is -2.07. The summed E-state index contributed by atoms with van der Waals surface area (Å²) < 4.78 is 7.68. The molecular weight excluding hydrogens is 392 g/mol. The molecule has 1 aromatic heterocycles. The highest BCUT2D eigenvalue weighted by Gasteiger charge is 2.08. The second-order valence-corrected chi connectivity index (χ2v) is 7.65. The quantitative estimate of drug-likeness (QED) is 0.288. The number of aryl methyl sites for hydroxylation is 1. The lowest BCUT2D eigenvalue weighted by Crippen LogP contribution is -1.98. The van der Waals surface area contributed by atoms with Crippen molar-refractivity contribution >= 4 is 18.0 Å². The number of hydrogen-bond acceptors (Lipinski definition) is 5. The Morgan fingerprint density at radius 1 is 0.900 bits per heavy atom. The number of aromatic nitrogens is 3. The van der Waals surface area contributed by atoms with Crippen LogP contribution in [0.3, 0.4) is 0 Å². The maximum atomic E-state index is 5.91. The van der Waals surface area contributed by atoms with Crippen molar-refractivity contribution in [3.05, 3.63) is 107 Å². The topological polar surface area (TPSA) is 52.3 Å². The van der Waals surface area contributed by atoms with Gasteiger partial charge in [0.1, 0.15) is 12.4 Å². The Labute approximate surface area is 180 Å². The van der Waals surface area contributed by atoms with Gasteiger partial charge in [0.2, 0.25) is 5.16 Å². The van der Waals surface area contributed by atoms with Gasteiger partial charge in [-0.1, -0.05) is 84.6 Å². The van der Waals surface area contributed by atoms with Crippen LogP contribution in [0.2, 0.25) is 0 Å². The van der Waals surface area contributed by atoms with Gasteiger partial charge < -0.3 is 4.74 Å². The molecular formula is C24H22N4OS. The molecule has 3 aromatic carbocycles. The van der Waals surface area contributed by atoms with Crippen LogP contribution in [0.15, 0.2) is 95.2 Å². The molecule has 0 unspecified atom stereocenters. The van der Waals surface area contributed by atoms with E-state index in [1.807, 2.05) is 67.6 Å². The molecule has 0 amide bonds. The first-order valence-corrected chi connectivity index (χ1v) is 10.7. The molecule has 30 heavy (non-hydrogen) atoms. The molecule has 0 atom stereocenters. The number of rotatable bonds is 8. The summed E-state index contributed by atoms with van der Waals surface area (Å²) in [6.45, 7) is 2.43. The molecule has 0 fully saturated rings. The van der Waals surface area contributed by atoms with Gasteiger partial charge >= 0.3 is 0 Å². The third-order valence-electron chi connectivity index (χ3n) is 4.41. The zero-order valence-electron chi connectivity index (χ0n) is 16.7. The molecule has 0 saturated heterocycles. The molecule has 0 bridgehead atoms. The highest BCUT2D eigenvalue weighted by atomic mass is 32.2. The van der Waals surface area contributed by atoms with E-state index in [4.69, 9.17) is 4.74 Å². The van der Waals surface area contributed by atoms with Crippen LogP contribution in [-0.2, 0) is 12.4 Å². The maximum Gasteiger partial charge on any atom is 0.212 e. The number of benzene rings is 3. The van der Waals surface area contributed by atoms with Crippen molar-refractivity contribution in [1.29, 1.82) is 0 Å². The van der Waals surface area contributed by atoms with E-state index in [0.29, 0.717) is 6.61 Å². The minimum Gasteiger partial charge on any atom is -0.489 e. The Hall–Kier alpha value is -3.38. The van der Waals surface area contributed by atoms with Gasteiger partial charge in [-0.25, -0.2) is 0 Å². The van der Waals surface area contributed by atoms with E-state index in [2.05, 4.69) is 39.6 Å². The fraction of sp³-hybridized carbons (Fsp3) is 0.125. The van der Waals surface area contributed by atoms with E-state index in [1.165, 1.54) is 5.56 Å². The van der Waals surface area contributed by atoms with Crippen molar-refractivity contribution < 1.29 is 4.74 Å². The van der Waals surface area contributed by atoms with E-state index >= 15 is 0 Å². The summed E-state index contributed by atoms with van der Waals surface area (Å²) in [5, 5.41) is 13.8. The summed E-state index contributed by atoms with van der Waals surface area (Å²) in [6.07, 6.45) is 1.80. The van der Waals surface area contributed by atoms with Gasteiger partial charge in [-0.15, -0.1) is 10.2 Å². The second-order valence-electron chi connectivity index (χ2n) is 6.71. The fourth-order valence-electron chi connectivity index (χ4n) is 2.83. The van der Waals surface area contributed by atoms with E-state index in [-0.39, 0.29) is 0 Å². The van der Waals surface area contributed by atoms with Gasteiger partial charge in [0.15, 0.2) is 5.82 Å². The third-order valence-corrected chi connectivity index (χ3v) is 5.40. The first kappa shape index (κ1) is 19.9. The molecule has 0 aliphatic rings. The van der Waals surface area contributed by atoms with Gasteiger partial charge in [0, 0.05) is 5.75 Å². The van der Waals surface area contributed by atoms with Gasteiger partial charge in [-0.05, 0) is 35.7 Å². The van der Waals surface area contributed by atoms with Crippen molar-refractivity contribution in [2.75, 3.05) is 0 Å². The lowest BCUT2D eigenvalue weighted by atomic mass is 10.2. The first-order chi connectivity index (χ1) is 14.8. The van der Waals surface area contributed by atoms with Crippen LogP contribution in [0.1, 0.15) is 22.5 Å². The average Bonchev–Trinajstić information content (AvgIpc) is 3.16. The zero-order chi connectivity index (χ0) is 20.6. The normalized spacial score (nSPS) is 11.1. The van der Waals surface area contributed by atoms with Crippen LogP contribution >= 0.6 is 11.8 Å². The molecule has 0 aliphatic carbocycles. The molecule has 0 radical (unpaired) electrons. The number of hydrogen-bond donors (Lipinski definition) is 0. The van der Waals surface area contributed by atoms with E-state index < -0.39 is 0 Å². The zero-order valence-corrected chi connectivity index (χ0v) is 17.5. The number of nitrogens with zero attached hydrogens (tertiary/aromatic N) is 4. The largest absolute Gasteiger partial charge is 0.489 e. The molecule has 4 aromatic rings. The van der Waals surface area contributed by atoms with Crippen LogP contribution in [0, 0.1) is 6.92 Å².